The van der Waals surface area contributed by atoms with Crippen LogP contribution < -0.4 is 4.74 Å². The van der Waals surface area contributed by atoms with Crippen LogP contribution in [0.4, 0.5) is 0 Å². The molecule has 2 aromatic rings. The van der Waals surface area contributed by atoms with Crippen LogP contribution in [-0.2, 0) is 12.8 Å². The maximum absolute atomic E-state index is 5.53. The van der Waals surface area contributed by atoms with Crippen LogP contribution >= 0.6 is 15.9 Å². The van der Waals surface area contributed by atoms with Crippen LogP contribution in [-0.4, -0.2) is 16.6 Å². The zero-order valence-electron chi connectivity index (χ0n) is 10.8. The summed E-state index contributed by atoms with van der Waals surface area (Å²) in [6, 6.07) is 8.24. The summed E-state index contributed by atoms with van der Waals surface area (Å²) in [4.78, 5) is 9.04. The van der Waals surface area contributed by atoms with Crippen molar-refractivity contribution < 1.29 is 4.74 Å². The number of rotatable bonds is 3. The summed E-state index contributed by atoms with van der Waals surface area (Å²) >= 11 is 3.47. The number of hydrogen-bond acceptors (Lipinski definition) is 3. The molecule has 1 aromatic heterocycles. The van der Waals surface area contributed by atoms with Gasteiger partial charge in [0.1, 0.15) is 16.2 Å². The molecule has 1 aliphatic heterocycles. The minimum atomic E-state index is 0.785. The second-order valence-corrected chi connectivity index (χ2v) is 5.48. The molecule has 0 bridgehead atoms. The van der Waals surface area contributed by atoms with Gasteiger partial charge in [0.05, 0.1) is 12.3 Å². The number of nitrogens with zero attached hydrogens (tertiary/aromatic N) is 2. The van der Waals surface area contributed by atoms with Crippen molar-refractivity contribution in [2.75, 3.05) is 6.61 Å². The molecule has 0 unspecified atom stereocenters. The van der Waals surface area contributed by atoms with Gasteiger partial charge in [0.2, 0.25) is 0 Å². The Hall–Kier alpha value is -1.42. The predicted molar refractivity (Wildman–Crippen MR) is 78.4 cm³/mol. The molecular weight excluding hydrogens is 304 g/mol. The van der Waals surface area contributed by atoms with Crippen molar-refractivity contribution in [2.24, 2.45) is 0 Å². The van der Waals surface area contributed by atoms with Gasteiger partial charge in [-0.25, -0.2) is 9.97 Å². The normalized spacial score (nSPS) is 13.2. The van der Waals surface area contributed by atoms with E-state index in [4.69, 9.17) is 4.74 Å². The van der Waals surface area contributed by atoms with E-state index in [0.29, 0.717) is 0 Å². The average molecular weight is 319 g/mol. The van der Waals surface area contributed by atoms with Crippen molar-refractivity contribution in [3.8, 4) is 17.0 Å². The Kier molecular flexibility index (Phi) is 3.51. The van der Waals surface area contributed by atoms with E-state index in [9.17, 15) is 0 Å². The highest BCUT2D eigenvalue weighted by molar-refractivity contribution is 9.10. The van der Waals surface area contributed by atoms with Crippen molar-refractivity contribution in [2.45, 2.75) is 26.2 Å². The summed E-state index contributed by atoms with van der Waals surface area (Å²) in [5, 5.41) is 0. The van der Waals surface area contributed by atoms with E-state index in [1.54, 1.807) is 0 Å². The van der Waals surface area contributed by atoms with Gasteiger partial charge in [0.25, 0.3) is 0 Å². The molecule has 1 aliphatic rings. The number of aryl methyl sites for hydroxylation is 1. The lowest BCUT2D eigenvalue weighted by molar-refractivity contribution is 0.357. The van der Waals surface area contributed by atoms with Gasteiger partial charge in [-0.15, -0.1) is 0 Å². The van der Waals surface area contributed by atoms with E-state index in [1.807, 2.05) is 12.1 Å². The first-order valence-corrected chi connectivity index (χ1v) is 7.35. The Balaban J connectivity index is 2.01. The molecule has 0 atom stereocenters. The molecule has 0 spiro atoms. The summed E-state index contributed by atoms with van der Waals surface area (Å²) in [6.07, 6.45) is 2.94. The van der Waals surface area contributed by atoms with Crippen molar-refractivity contribution in [1.29, 1.82) is 0 Å². The molecule has 4 heteroatoms. The second kappa shape index (κ2) is 5.29. The summed E-state index contributed by atoms with van der Waals surface area (Å²) in [5.74, 6) is 1.90. The summed E-state index contributed by atoms with van der Waals surface area (Å²) in [5.41, 5.74) is 3.37. The molecule has 2 heterocycles. The first-order chi connectivity index (χ1) is 9.26. The van der Waals surface area contributed by atoms with Gasteiger partial charge in [-0.05, 0) is 52.2 Å². The second-order valence-electron chi connectivity index (χ2n) is 4.66. The highest BCUT2D eigenvalue weighted by Crippen LogP contribution is 2.30. The zero-order valence-corrected chi connectivity index (χ0v) is 12.4. The molecule has 98 valence electrons. The van der Waals surface area contributed by atoms with Crippen LogP contribution in [0.25, 0.3) is 11.3 Å². The van der Waals surface area contributed by atoms with E-state index in [2.05, 4.69) is 45.0 Å². The fourth-order valence-electron chi connectivity index (χ4n) is 2.29. The first kappa shape index (κ1) is 12.6. The number of halogens is 1. The van der Waals surface area contributed by atoms with Crippen LogP contribution in [0.1, 0.15) is 24.7 Å². The van der Waals surface area contributed by atoms with E-state index < -0.39 is 0 Å². The van der Waals surface area contributed by atoms with Gasteiger partial charge in [-0.1, -0.05) is 6.92 Å². The Bertz CT molecular complexity index is 613. The number of benzene rings is 1. The fourth-order valence-corrected chi connectivity index (χ4v) is 2.72. The topological polar surface area (TPSA) is 35.0 Å². The van der Waals surface area contributed by atoms with Crippen LogP contribution in [0.3, 0.4) is 0 Å². The van der Waals surface area contributed by atoms with Crippen LogP contribution in [0, 0.1) is 0 Å². The molecule has 19 heavy (non-hydrogen) atoms. The predicted octanol–water partition coefficient (Wildman–Crippen LogP) is 3.79. The van der Waals surface area contributed by atoms with Gasteiger partial charge < -0.3 is 4.74 Å². The van der Waals surface area contributed by atoms with Crippen molar-refractivity contribution in [3.05, 3.63) is 40.3 Å². The number of fused-ring (bicyclic) bond motifs is 1. The largest absolute Gasteiger partial charge is 0.493 e. The third-order valence-corrected chi connectivity index (χ3v) is 3.61. The van der Waals surface area contributed by atoms with Crippen LogP contribution in [0.5, 0.6) is 5.75 Å². The van der Waals surface area contributed by atoms with E-state index in [0.717, 1.165) is 53.3 Å². The lowest BCUT2D eigenvalue weighted by Gasteiger charge is -2.06. The third kappa shape index (κ3) is 2.63. The zero-order chi connectivity index (χ0) is 13.2. The Morgan fingerprint density at radius 3 is 3.00 bits per heavy atom. The average Bonchev–Trinajstić information content (AvgIpc) is 2.85. The molecule has 0 amide bonds. The van der Waals surface area contributed by atoms with Gasteiger partial charge in [-0.3, -0.25) is 0 Å². The highest BCUT2D eigenvalue weighted by atomic mass is 79.9. The Labute approximate surface area is 121 Å². The Morgan fingerprint density at radius 1 is 1.26 bits per heavy atom. The monoisotopic (exact) mass is 318 g/mol. The van der Waals surface area contributed by atoms with Gasteiger partial charge in [0.15, 0.2) is 0 Å². The van der Waals surface area contributed by atoms with E-state index in [-0.39, 0.29) is 0 Å². The highest BCUT2D eigenvalue weighted by Gasteiger charge is 2.13. The quantitative estimate of drug-likeness (QED) is 0.807. The van der Waals surface area contributed by atoms with Crippen molar-refractivity contribution in [1.82, 2.24) is 9.97 Å². The smallest absolute Gasteiger partial charge is 0.130 e. The van der Waals surface area contributed by atoms with E-state index >= 15 is 0 Å². The van der Waals surface area contributed by atoms with Crippen LogP contribution in [0.2, 0.25) is 0 Å². The molecule has 0 radical (unpaired) electrons. The molecule has 0 N–H and O–H groups in total. The SMILES string of the molecule is CCCc1nc(Br)cc(-c2ccc3c(c2)CCO3)n1. The molecule has 3 nitrogen and oxygen atoms in total. The lowest BCUT2D eigenvalue weighted by Crippen LogP contribution is -1.97. The number of ether oxygens (including phenoxy) is 1. The molecule has 0 saturated heterocycles. The molecule has 0 saturated carbocycles. The molecule has 0 fully saturated rings. The standard InChI is InChI=1S/C15H15BrN2O/c1-2-3-15-17-12(9-14(16)18-15)10-4-5-13-11(8-10)6-7-19-13/h4-5,8-9H,2-3,6-7H2,1H3. The molecular formula is C15H15BrN2O. The lowest BCUT2D eigenvalue weighted by atomic mass is 10.1. The molecule has 0 aliphatic carbocycles. The minimum Gasteiger partial charge on any atom is -0.493 e. The maximum atomic E-state index is 5.53. The van der Waals surface area contributed by atoms with Crippen molar-refractivity contribution in [3.63, 3.8) is 0 Å². The minimum absolute atomic E-state index is 0.785. The summed E-state index contributed by atoms with van der Waals surface area (Å²) in [6.45, 7) is 2.92. The van der Waals surface area contributed by atoms with Gasteiger partial charge in [0, 0.05) is 18.4 Å². The summed E-state index contributed by atoms with van der Waals surface area (Å²) in [7, 11) is 0. The molecule has 3 rings (SSSR count). The fraction of sp³-hybridized carbons (Fsp3) is 0.333. The van der Waals surface area contributed by atoms with Crippen LogP contribution in [0.15, 0.2) is 28.9 Å². The van der Waals surface area contributed by atoms with Gasteiger partial charge in [-0.2, -0.15) is 0 Å². The van der Waals surface area contributed by atoms with Gasteiger partial charge >= 0.3 is 0 Å². The summed E-state index contributed by atoms with van der Waals surface area (Å²) < 4.78 is 6.38. The molecule has 1 aromatic carbocycles. The maximum Gasteiger partial charge on any atom is 0.130 e. The number of hydrogen-bond donors (Lipinski definition) is 0. The van der Waals surface area contributed by atoms with Crippen molar-refractivity contribution >= 4 is 15.9 Å². The third-order valence-electron chi connectivity index (χ3n) is 3.20. The Morgan fingerprint density at radius 2 is 2.16 bits per heavy atom. The first-order valence-electron chi connectivity index (χ1n) is 6.56. The van der Waals surface area contributed by atoms with E-state index in [1.165, 1.54) is 5.56 Å². The number of aromatic nitrogens is 2.